The summed E-state index contributed by atoms with van der Waals surface area (Å²) in [4.78, 5) is 10.5. The Bertz CT molecular complexity index is 371. The third-order valence-electron chi connectivity index (χ3n) is 2.44. The quantitative estimate of drug-likeness (QED) is 0.841. The summed E-state index contributed by atoms with van der Waals surface area (Å²) >= 11 is 1.33. The highest BCUT2D eigenvalue weighted by molar-refractivity contribution is 7.11. The number of aliphatic carboxylic acids is 1. The summed E-state index contributed by atoms with van der Waals surface area (Å²) < 4.78 is 5.61. The first-order valence-electron chi connectivity index (χ1n) is 4.79. The molecule has 0 spiro atoms. The maximum absolute atomic E-state index is 10.5. The van der Waals surface area contributed by atoms with Gasteiger partial charge in [0.15, 0.2) is 0 Å². The van der Waals surface area contributed by atoms with E-state index in [9.17, 15) is 4.79 Å². The van der Waals surface area contributed by atoms with Gasteiger partial charge in [-0.2, -0.15) is 0 Å². The van der Waals surface area contributed by atoms with E-state index in [1.165, 1.54) is 11.3 Å². The van der Waals surface area contributed by atoms with Crippen molar-refractivity contribution in [3.63, 3.8) is 0 Å². The standard InChI is InChI=1S/C9H12N2O3S/c1-9(3-2-4-14-9)8-11-10-6(15-8)5-7(12)13/h2-5H2,1H3,(H,12,13). The maximum Gasteiger partial charge on any atom is 0.310 e. The topological polar surface area (TPSA) is 72.3 Å². The molecule has 1 unspecified atom stereocenters. The van der Waals surface area contributed by atoms with Crippen molar-refractivity contribution >= 4 is 17.3 Å². The van der Waals surface area contributed by atoms with Crippen LogP contribution in [0.25, 0.3) is 0 Å². The summed E-state index contributed by atoms with van der Waals surface area (Å²) in [6.45, 7) is 2.72. The first kappa shape index (κ1) is 10.5. The molecule has 0 amide bonds. The second-order valence-electron chi connectivity index (χ2n) is 3.75. The van der Waals surface area contributed by atoms with Crippen LogP contribution in [0.4, 0.5) is 0 Å². The van der Waals surface area contributed by atoms with Crippen LogP contribution in [-0.2, 0) is 21.6 Å². The van der Waals surface area contributed by atoms with E-state index in [1.54, 1.807) is 0 Å². The molecule has 1 aliphatic rings. The molecule has 0 aromatic carbocycles. The number of carboxylic acid groups (broad SMARTS) is 1. The summed E-state index contributed by atoms with van der Waals surface area (Å²) in [5.41, 5.74) is -0.353. The number of hydrogen-bond acceptors (Lipinski definition) is 5. The molecule has 0 radical (unpaired) electrons. The number of hydrogen-bond donors (Lipinski definition) is 1. The number of carbonyl (C=O) groups is 1. The van der Waals surface area contributed by atoms with Gasteiger partial charge in [-0.3, -0.25) is 4.79 Å². The lowest BCUT2D eigenvalue weighted by molar-refractivity contribution is -0.136. The summed E-state index contributed by atoms with van der Waals surface area (Å²) in [5, 5.41) is 17.8. The molecule has 0 aliphatic carbocycles. The highest BCUT2D eigenvalue weighted by atomic mass is 32.1. The van der Waals surface area contributed by atoms with Crippen molar-refractivity contribution in [2.45, 2.75) is 31.8 Å². The van der Waals surface area contributed by atoms with E-state index in [1.807, 2.05) is 6.92 Å². The third-order valence-corrected chi connectivity index (χ3v) is 3.61. The zero-order chi connectivity index (χ0) is 10.9. The predicted molar refractivity (Wildman–Crippen MR) is 53.8 cm³/mol. The fraction of sp³-hybridized carbons (Fsp3) is 0.667. The molecule has 0 saturated carbocycles. The van der Waals surface area contributed by atoms with Crippen molar-refractivity contribution < 1.29 is 14.6 Å². The van der Waals surface area contributed by atoms with Crippen molar-refractivity contribution in [1.82, 2.24) is 10.2 Å². The fourth-order valence-electron chi connectivity index (χ4n) is 1.62. The molecule has 1 aliphatic heterocycles. The van der Waals surface area contributed by atoms with E-state index in [4.69, 9.17) is 9.84 Å². The van der Waals surface area contributed by atoms with Crippen LogP contribution >= 0.6 is 11.3 Å². The lowest BCUT2D eigenvalue weighted by Gasteiger charge is -2.18. The predicted octanol–water partition coefficient (Wildman–Crippen LogP) is 1.19. The largest absolute Gasteiger partial charge is 0.481 e. The SMILES string of the molecule is CC1(c2nnc(CC(=O)O)s2)CCCO1. The van der Waals surface area contributed by atoms with E-state index >= 15 is 0 Å². The zero-order valence-corrected chi connectivity index (χ0v) is 9.21. The number of aromatic nitrogens is 2. The monoisotopic (exact) mass is 228 g/mol. The van der Waals surface area contributed by atoms with E-state index in [2.05, 4.69) is 10.2 Å². The van der Waals surface area contributed by atoms with Crippen molar-refractivity contribution in [3.8, 4) is 0 Å². The second kappa shape index (κ2) is 3.86. The molecule has 0 bridgehead atoms. The van der Waals surface area contributed by atoms with Gasteiger partial charge < -0.3 is 9.84 Å². The summed E-state index contributed by atoms with van der Waals surface area (Å²) in [5.74, 6) is -0.879. The molecular formula is C9H12N2O3S. The van der Waals surface area contributed by atoms with E-state index < -0.39 is 5.97 Å². The third kappa shape index (κ3) is 2.15. The molecule has 2 rings (SSSR count). The van der Waals surface area contributed by atoms with Crippen molar-refractivity contribution in [1.29, 1.82) is 0 Å². The van der Waals surface area contributed by atoms with Gasteiger partial charge in [0.25, 0.3) is 0 Å². The van der Waals surface area contributed by atoms with Crippen LogP contribution in [0.1, 0.15) is 29.8 Å². The van der Waals surface area contributed by atoms with Gasteiger partial charge in [0.1, 0.15) is 15.6 Å². The van der Waals surface area contributed by atoms with E-state index in [0.717, 1.165) is 24.5 Å². The average molecular weight is 228 g/mol. The minimum absolute atomic E-state index is 0.0618. The Kier molecular flexibility index (Phi) is 2.70. The number of carboxylic acids is 1. The van der Waals surface area contributed by atoms with Crippen LogP contribution in [-0.4, -0.2) is 27.9 Å². The Morgan fingerprint density at radius 3 is 3.07 bits per heavy atom. The zero-order valence-electron chi connectivity index (χ0n) is 8.39. The molecule has 5 nitrogen and oxygen atoms in total. The molecule has 2 heterocycles. The van der Waals surface area contributed by atoms with Crippen molar-refractivity contribution in [2.75, 3.05) is 6.61 Å². The molecule has 1 N–H and O–H groups in total. The molecule has 1 fully saturated rings. The van der Waals surface area contributed by atoms with Gasteiger partial charge in [0.2, 0.25) is 0 Å². The minimum atomic E-state index is -0.879. The maximum atomic E-state index is 10.5. The van der Waals surface area contributed by atoms with Crippen LogP contribution < -0.4 is 0 Å². The normalized spacial score (nSPS) is 25.7. The number of nitrogens with zero attached hydrogens (tertiary/aromatic N) is 2. The van der Waals surface area contributed by atoms with Crippen LogP contribution in [0.15, 0.2) is 0 Å². The lowest BCUT2D eigenvalue weighted by Crippen LogP contribution is -2.19. The van der Waals surface area contributed by atoms with Crippen LogP contribution in [0.3, 0.4) is 0 Å². The molecule has 15 heavy (non-hydrogen) atoms. The molecule has 1 saturated heterocycles. The van der Waals surface area contributed by atoms with Gasteiger partial charge in [-0.1, -0.05) is 11.3 Å². The smallest absolute Gasteiger partial charge is 0.310 e. The minimum Gasteiger partial charge on any atom is -0.481 e. The Hall–Kier alpha value is -1.01. The Morgan fingerprint density at radius 1 is 1.67 bits per heavy atom. The summed E-state index contributed by atoms with van der Waals surface area (Å²) in [6.07, 6.45) is 1.88. The molecular weight excluding hydrogens is 216 g/mol. The Morgan fingerprint density at radius 2 is 2.47 bits per heavy atom. The highest BCUT2D eigenvalue weighted by Gasteiger charge is 2.35. The average Bonchev–Trinajstić information content (AvgIpc) is 2.74. The van der Waals surface area contributed by atoms with Gasteiger partial charge in [-0.15, -0.1) is 10.2 Å². The summed E-state index contributed by atoms with van der Waals surface area (Å²) in [6, 6.07) is 0. The number of rotatable bonds is 3. The Balaban J connectivity index is 2.15. The first-order valence-corrected chi connectivity index (χ1v) is 5.60. The van der Waals surface area contributed by atoms with Gasteiger partial charge in [-0.05, 0) is 19.8 Å². The van der Waals surface area contributed by atoms with Crippen LogP contribution in [0.5, 0.6) is 0 Å². The van der Waals surface area contributed by atoms with Crippen molar-refractivity contribution in [3.05, 3.63) is 10.0 Å². The van der Waals surface area contributed by atoms with Gasteiger partial charge >= 0.3 is 5.97 Å². The second-order valence-corrected chi connectivity index (χ2v) is 4.82. The molecule has 1 aromatic heterocycles. The van der Waals surface area contributed by atoms with Gasteiger partial charge in [-0.25, -0.2) is 0 Å². The highest BCUT2D eigenvalue weighted by Crippen LogP contribution is 2.36. The van der Waals surface area contributed by atoms with Gasteiger partial charge in [0.05, 0.1) is 6.42 Å². The molecule has 6 heteroatoms. The van der Waals surface area contributed by atoms with Gasteiger partial charge in [0, 0.05) is 6.61 Å². The van der Waals surface area contributed by atoms with Crippen LogP contribution in [0.2, 0.25) is 0 Å². The molecule has 1 aromatic rings. The molecule has 1 atom stereocenters. The van der Waals surface area contributed by atoms with E-state index in [-0.39, 0.29) is 12.0 Å². The Labute approximate surface area is 91.1 Å². The lowest BCUT2D eigenvalue weighted by atomic mass is 10.0. The fourth-order valence-corrected chi connectivity index (χ4v) is 2.57. The van der Waals surface area contributed by atoms with E-state index in [0.29, 0.717) is 5.01 Å². The van der Waals surface area contributed by atoms with Crippen LogP contribution in [0, 0.1) is 0 Å². The number of ether oxygens (including phenoxy) is 1. The molecule has 82 valence electrons. The summed E-state index contributed by atoms with van der Waals surface area (Å²) in [7, 11) is 0. The van der Waals surface area contributed by atoms with Crippen molar-refractivity contribution in [2.24, 2.45) is 0 Å². The first-order chi connectivity index (χ1) is 7.10.